The number of halogens is 2. The van der Waals surface area contributed by atoms with E-state index in [1.807, 2.05) is 13.0 Å². The average Bonchev–Trinajstić information content (AvgIpc) is 2.34. The Labute approximate surface area is 114 Å². The molecule has 0 aliphatic heterocycles. The van der Waals surface area contributed by atoms with Crippen LogP contribution in [0.2, 0.25) is 0 Å². The maximum absolute atomic E-state index is 13.2. The quantitative estimate of drug-likeness (QED) is 0.942. The lowest BCUT2D eigenvalue weighted by Crippen LogP contribution is -2.15. The Kier molecular flexibility index (Phi) is 4.09. The molecule has 2 nitrogen and oxygen atoms in total. The molecular formula is C14H14BrFN2. The number of benzene rings is 1. The Hall–Kier alpha value is -1.26. The molecule has 0 spiro atoms. The van der Waals surface area contributed by atoms with Crippen molar-refractivity contribution in [2.24, 2.45) is 5.73 Å². The smallest absolute Gasteiger partial charge is 0.123 e. The van der Waals surface area contributed by atoms with Gasteiger partial charge in [0.15, 0.2) is 0 Å². The van der Waals surface area contributed by atoms with Crippen LogP contribution in [0.1, 0.15) is 22.7 Å². The molecule has 0 saturated carbocycles. The topological polar surface area (TPSA) is 38.9 Å². The third-order valence-electron chi connectivity index (χ3n) is 2.91. The Bertz CT molecular complexity index is 557. The first-order chi connectivity index (χ1) is 8.58. The van der Waals surface area contributed by atoms with E-state index in [2.05, 4.69) is 20.9 Å². The van der Waals surface area contributed by atoms with Gasteiger partial charge in [0.2, 0.25) is 0 Å². The highest BCUT2D eigenvalue weighted by atomic mass is 79.9. The molecule has 4 heteroatoms. The van der Waals surface area contributed by atoms with Crippen LogP contribution in [0.4, 0.5) is 4.39 Å². The molecule has 2 aromatic rings. The van der Waals surface area contributed by atoms with Gasteiger partial charge < -0.3 is 5.73 Å². The Balaban J connectivity index is 2.24. The summed E-state index contributed by atoms with van der Waals surface area (Å²) < 4.78 is 14.1. The molecule has 0 fully saturated rings. The molecule has 0 amide bonds. The predicted octanol–water partition coefficient (Wildman–Crippen LogP) is 3.53. The lowest BCUT2D eigenvalue weighted by atomic mass is 9.97. The summed E-state index contributed by atoms with van der Waals surface area (Å²) in [6.07, 6.45) is 4.10. The first-order valence-electron chi connectivity index (χ1n) is 5.68. The molecule has 2 rings (SSSR count). The van der Waals surface area contributed by atoms with Gasteiger partial charge in [-0.25, -0.2) is 4.39 Å². The number of hydrogen-bond acceptors (Lipinski definition) is 2. The van der Waals surface area contributed by atoms with E-state index in [4.69, 9.17) is 5.73 Å². The molecule has 0 saturated heterocycles. The molecule has 0 bridgehead atoms. The van der Waals surface area contributed by atoms with E-state index in [1.165, 1.54) is 12.1 Å². The van der Waals surface area contributed by atoms with Gasteiger partial charge in [-0.2, -0.15) is 0 Å². The van der Waals surface area contributed by atoms with E-state index in [9.17, 15) is 4.39 Å². The van der Waals surface area contributed by atoms with Crippen LogP contribution in [0.5, 0.6) is 0 Å². The molecule has 0 radical (unpaired) electrons. The number of hydrogen-bond donors (Lipinski definition) is 1. The van der Waals surface area contributed by atoms with Crippen LogP contribution >= 0.6 is 15.9 Å². The number of pyridine rings is 1. The first kappa shape index (κ1) is 13.2. The van der Waals surface area contributed by atoms with E-state index in [-0.39, 0.29) is 11.9 Å². The molecule has 1 aromatic heterocycles. The number of aryl methyl sites for hydroxylation is 1. The van der Waals surface area contributed by atoms with Crippen LogP contribution in [-0.4, -0.2) is 4.98 Å². The van der Waals surface area contributed by atoms with E-state index < -0.39 is 0 Å². The summed E-state index contributed by atoms with van der Waals surface area (Å²) in [5, 5.41) is 0. The van der Waals surface area contributed by atoms with Gasteiger partial charge in [-0.05, 0) is 54.3 Å². The lowest BCUT2D eigenvalue weighted by Gasteiger charge is -2.15. The highest BCUT2D eigenvalue weighted by Crippen LogP contribution is 2.24. The van der Waals surface area contributed by atoms with Crippen molar-refractivity contribution in [2.45, 2.75) is 19.4 Å². The van der Waals surface area contributed by atoms with E-state index in [1.54, 1.807) is 18.5 Å². The maximum Gasteiger partial charge on any atom is 0.123 e. The van der Waals surface area contributed by atoms with E-state index >= 15 is 0 Å². The monoisotopic (exact) mass is 308 g/mol. The third-order valence-corrected chi connectivity index (χ3v) is 3.68. The third kappa shape index (κ3) is 2.94. The summed E-state index contributed by atoms with van der Waals surface area (Å²) in [7, 11) is 0. The second-order valence-corrected chi connectivity index (χ2v) is 5.13. The van der Waals surface area contributed by atoms with Gasteiger partial charge in [0.25, 0.3) is 0 Å². The average molecular weight is 309 g/mol. The SMILES string of the molecule is Cc1cnccc1C(N)Cc1cc(F)ccc1Br. The van der Waals surface area contributed by atoms with Crippen LogP contribution in [0, 0.1) is 12.7 Å². The van der Waals surface area contributed by atoms with Crippen molar-refractivity contribution >= 4 is 15.9 Å². The molecule has 2 N–H and O–H groups in total. The molecule has 0 aliphatic carbocycles. The van der Waals surface area contributed by atoms with Crippen molar-refractivity contribution < 1.29 is 4.39 Å². The molecule has 1 heterocycles. The molecule has 94 valence electrons. The minimum absolute atomic E-state index is 0.161. The lowest BCUT2D eigenvalue weighted by molar-refractivity contribution is 0.621. The van der Waals surface area contributed by atoms with Crippen LogP contribution in [0.25, 0.3) is 0 Å². The van der Waals surface area contributed by atoms with Gasteiger partial charge in [0.05, 0.1) is 0 Å². The van der Waals surface area contributed by atoms with Crippen LogP contribution in [-0.2, 0) is 6.42 Å². The molecule has 1 unspecified atom stereocenters. The Morgan fingerprint density at radius 1 is 1.39 bits per heavy atom. The van der Waals surface area contributed by atoms with Gasteiger partial charge >= 0.3 is 0 Å². The zero-order valence-corrected chi connectivity index (χ0v) is 11.6. The van der Waals surface area contributed by atoms with Crippen molar-refractivity contribution in [2.75, 3.05) is 0 Å². The van der Waals surface area contributed by atoms with Crippen molar-refractivity contribution in [3.63, 3.8) is 0 Å². The minimum Gasteiger partial charge on any atom is -0.324 e. The van der Waals surface area contributed by atoms with Crippen LogP contribution in [0.3, 0.4) is 0 Å². The van der Waals surface area contributed by atoms with Gasteiger partial charge in [-0.15, -0.1) is 0 Å². The normalized spacial score (nSPS) is 12.4. The van der Waals surface area contributed by atoms with Crippen LogP contribution < -0.4 is 5.73 Å². The Morgan fingerprint density at radius 3 is 2.89 bits per heavy atom. The molecule has 0 aliphatic rings. The summed E-state index contributed by atoms with van der Waals surface area (Å²) in [5.74, 6) is -0.244. The van der Waals surface area contributed by atoms with Crippen LogP contribution in [0.15, 0.2) is 41.1 Å². The van der Waals surface area contributed by atoms with Crippen molar-refractivity contribution in [1.82, 2.24) is 4.98 Å². The number of nitrogens with zero attached hydrogens (tertiary/aromatic N) is 1. The molecule has 1 aromatic carbocycles. The second kappa shape index (κ2) is 5.59. The second-order valence-electron chi connectivity index (χ2n) is 4.28. The fourth-order valence-corrected chi connectivity index (χ4v) is 2.36. The zero-order chi connectivity index (χ0) is 13.1. The van der Waals surface area contributed by atoms with Crippen molar-refractivity contribution in [3.05, 3.63) is 63.6 Å². The summed E-state index contributed by atoms with van der Waals surface area (Å²) in [6.45, 7) is 1.98. The number of nitrogens with two attached hydrogens (primary N) is 1. The molecule has 18 heavy (non-hydrogen) atoms. The van der Waals surface area contributed by atoms with Gasteiger partial charge in [-0.3, -0.25) is 4.98 Å². The van der Waals surface area contributed by atoms with Gasteiger partial charge in [0, 0.05) is 22.9 Å². The van der Waals surface area contributed by atoms with E-state index in [0.29, 0.717) is 6.42 Å². The molecular weight excluding hydrogens is 295 g/mol. The first-order valence-corrected chi connectivity index (χ1v) is 6.47. The van der Waals surface area contributed by atoms with Crippen molar-refractivity contribution in [1.29, 1.82) is 0 Å². The molecule has 1 atom stereocenters. The summed E-state index contributed by atoms with van der Waals surface area (Å²) in [5.41, 5.74) is 9.15. The minimum atomic E-state index is -0.244. The number of aromatic nitrogens is 1. The fraction of sp³-hybridized carbons (Fsp3) is 0.214. The Morgan fingerprint density at radius 2 is 2.17 bits per heavy atom. The zero-order valence-electron chi connectivity index (χ0n) is 10.0. The summed E-state index contributed by atoms with van der Waals surface area (Å²) in [4.78, 5) is 4.04. The van der Waals surface area contributed by atoms with Crippen molar-refractivity contribution in [3.8, 4) is 0 Å². The van der Waals surface area contributed by atoms with E-state index in [0.717, 1.165) is 21.2 Å². The standard InChI is InChI=1S/C14H14BrFN2/c1-9-8-18-5-4-12(9)14(17)7-10-6-11(16)2-3-13(10)15/h2-6,8,14H,7,17H2,1H3. The number of rotatable bonds is 3. The van der Waals surface area contributed by atoms with Gasteiger partial charge in [0.1, 0.15) is 5.82 Å². The fourth-order valence-electron chi connectivity index (χ4n) is 1.95. The largest absolute Gasteiger partial charge is 0.324 e. The predicted molar refractivity (Wildman–Crippen MR) is 73.7 cm³/mol. The van der Waals surface area contributed by atoms with Gasteiger partial charge in [-0.1, -0.05) is 15.9 Å². The highest BCUT2D eigenvalue weighted by molar-refractivity contribution is 9.10. The highest BCUT2D eigenvalue weighted by Gasteiger charge is 2.12. The summed E-state index contributed by atoms with van der Waals surface area (Å²) >= 11 is 3.42. The maximum atomic E-state index is 13.2. The summed E-state index contributed by atoms with van der Waals surface area (Å²) in [6, 6.07) is 6.40.